The van der Waals surface area contributed by atoms with E-state index < -0.39 is 9.05 Å². The minimum atomic E-state index is -3.81. The van der Waals surface area contributed by atoms with Crippen molar-refractivity contribution in [1.29, 1.82) is 0 Å². The summed E-state index contributed by atoms with van der Waals surface area (Å²) in [5.74, 6) is 1.36. The van der Waals surface area contributed by atoms with Crippen LogP contribution in [0.4, 0.5) is 0 Å². The first-order valence-corrected chi connectivity index (χ1v) is 6.13. The molecule has 1 aromatic heterocycles. The molecule has 0 atom stereocenters. The SMILES string of the molecule is O=C=COc1sccc1S(=O)(=O)Cl. The van der Waals surface area contributed by atoms with Crippen molar-refractivity contribution in [3.63, 3.8) is 0 Å². The Morgan fingerprint density at radius 3 is 2.85 bits per heavy atom. The van der Waals surface area contributed by atoms with Gasteiger partial charge in [0.15, 0.2) is 12.2 Å². The van der Waals surface area contributed by atoms with Gasteiger partial charge in [-0.05, 0) is 11.4 Å². The van der Waals surface area contributed by atoms with Gasteiger partial charge in [0.25, 0.3) is 9.05 Å². The summed E-state index contributed by atoms with van der Waals surface area (Å²) in [7, 11) is 1.26. The lowest BCUT2D eigenvalue weighted by molar-refractivity contribution is 0.477. The van der Waals surface area contributed by atoms with Crippen LogP contribution in [0.5, 0.6) is 5.06 Å². The van der Waals surface area contributed by atoms with Gasteiger partial charge in [-0.3, -0.25) is 0 Å². The van der Waals surface area contributed by atoms with E-state index in [1.54, 1.807) is 0 Å². The number of ether oxygens (including phenoxy) is 1. The normalized spacial score (nSPS) is 10.5. The Morgan fingerprint density at radius 1 is 1.62 bits per heavy atom. The summed E-state index contributed by atoms with van der Waals surface area (Å²) in [6.45, 7) is 0. The van der Waals surface area contributed by atoms with Crippen LogP contribution < -0.4 is 4.74 Å². The van der Waals surface area contributed by atoms with Crippen molar-refractivity contribution in [2.75, 3.05) is 0 Å². The fourth-order valence-corrected chi connectivity index (χ4v) is 2.78. The predicted molar refractivity (Wildman–Crippen MR) is 48.2 cm³/mol. The standard InChI is InChI=1S/C6H3ClO4S2/c7-13(9,10)5-1-4-12-6(5)11-3-2-8/h1,3-4H. The van der Waals surface area contributed by atoms with Gasteiger partial charge >= 0.3 is 0 Å². The Bertz CT molecular complexity index is 441. The van der Waals surface area contributed by atoms with Gasteiger partial charge in [-0.25, -0.2) is 13.2 Å². The zero-order valence-corrected chi connectivity index (χ0v) is 8.45. The third-order valence-corrected chi connectivity index (χ3v) is 3.35. The maximum absolute atomic E-state index is 10.9. The molecule has 1 rings (SSSR count). The molecule has 4 nitrogen and oxygen atoms in total. The molecular formula is C6H3ClO4S2. The number of hydrogen-bond donors (Lipinski definition) is 0. The van der Waals surface area contributed by atoms with Crippen molar-refractivity contribution in [3.05, 3.63) is 17.7 Å². The molecule has 0 fully saturated rings. The Morgan fingerprint density at radius 2 is 2.31 bits per heavy atom. The van der Waals surface area contributed by atoms with E-state index in [4.69, 9.17) is 10.7 Å². The molecule has 0 N–H and O–H groups in total. The lowest BCUT2D eigenvalue weighted by atomic mass is 10.6. The number of thiophene rings is 1. The Kier molecular flexibility index (Phi) is 3.11. The lowest BCUT2D eigenvalue weighted by Crippen LogP contribution is -1.90. The lowest BCUT2D eigenvalue weighted by Gasteiger charge is -1.95. The van der Waals surface area contributed by atoms with Crippen LogP contribution >= 0.6 is 22.0 Å². The van der Waals surface area contributed by atoms with Gasteiger partial charge in [0.2, 0.25) is 5.06 Å². The minimum absolute atomic E-state index is 0.0540. The van der Waals surface area contributed by atoms with Gasteiger partial charge in [0.1, 0.15) is 4.90 Å². The summed E-state index contributed by atoms with van der Waals surface area (Å²) in [6, 6.07) is 1.29. The van der Waals surface area contributed by atoms with E-state index in [1.165, 1.54) is 17.4 Å². The van der Waals surface area contributed by atoms with Crippen LogP contribution in [-0.2, 0) is 13.8 Å². The van der Waals surface area contributed by atoms with Crippen molar-refractivity contribution in [3.8, 4) is 5.06 Å². The highest BCUT2D eigenvalue weighted by molar-refractivity contribution is 8.14. The van der Waals surface area contributed by atoms with Crippen molar-refractivity contribution < 1.29 is 17.9 Å². The highest BCUT2D eigenvalue weighted by Crippen LogP contribution is 2.32. The van der Waals surface area contributed by atoms with E-state index in [1.807, 2.05) is 0 Å². The average molecular weight is 239 g/mol. The molecule has 7 heteroatoms. The summed E-state index contributed by atoms with van der Waals surface area (Å²) in [4.78, 5) is 9.63. The second-order valence-corrected chi connectivity index (χ2v) is 5.28. The summed E-state index contributed by atoms with van der Waals surface area (Å²) in [5, 5.41) is 1.54. The summed E-state index contributed by atoms with van der Waals surface area (Å²) >= 11 is 1.02. The zero-order valence-electron chi connectivity index (χ0n) is 6.06. The molecule has 0 bridgehead atoms. The van der Waals surface area contributed by atoms with Gasteiger partial charge in [-0.15, -0.1) is 11.3 Å². The molecule has 0 unspecified atom stereocenters. The number of carbonyl (C=O) groups excluding carboxylic acids is 1. The van der Waals surface area contributed by atoms with Crippen LogP contribution in [0.15, 0.2) is 22.6 Å². The van der Waals surface area contributed by atoms with E-state index in [9.17, 15) is 13.2 Å². The maximum Gasteiger partial charge on any atom is 0.265 e. The first-order chi connectivity index (χ1) is 6.05. The van der Waals surface area contributed by atoms with Gasteiger partial charge < -0.3 is 4.74 Å². The third-order valence-electron chi connectivity index (χ3n) is 1.07. The molecule has 1 heterocycles. The quantitative estimate of drug-likeness (QED) is 0.454. The molecule has 0 saturated carbocycles. The molecule has 0 aliphatic heterocycles. The fourth-order valence-electron chi connectivity index (χ4n) is 0.628. The van der Waals surface area contributed by atoms with E-state index >= 15 is 0 Å². The number of halogens is 1. The molecule has 0 saturated heterocycles. The molecule has 1 aromatic rings. The van der Waals surface area contributed by atoms with Crippen LogP contribution in [0.25, 0.3) is 0 Å². The van der Waals surface area contributed by atoms with E-state index in [0.717, 1.165) is 17.6 Å². The van der Waals surface area contributed by atoms with Crippen LogP contribution in [0, 0.1) is 0 Å². The van der Waals surface area contributed by atoms with Gasteiger partial charge in [0.05, 0.1) is 0 Å². The predicted octanol–water partition coefficient (Wildman–Crippen LogP) is 1.40. The third kappa shape index (κ3) is 2.57. The van der Waals surface area contributed by atoms with Crippen molar-refractivity contribution >= 4 is 37.0 Å². The summed E-state index contributed by atoms with van der Waals surface area (Å²) in [5.41, 5.74) is 0. The molecule has 13 heavy (non-hydrogen) atoms. The van der Waals surface area contributed by atoms with E-state index in [-0.39, 0.29) is 9.96 Å². The van der Waals surface area contributed by atoms with E-state index in [0.29, 0.717) is 0 Å². The minimum Gasteiger partial charge on any atom is -0.441 e. The second kappa shape index (κ2) is 3.93. The second-order valence-electron chi connectivity index (χ2n) is 1.86. The van der Waals surface area contributed by atoms with Gasteiger partial charge in [0, 0.05) is 10.7 Å². The highest BCUT2D eigenvalue weighted by atomic mass is 35.7. The number of rotatable bonds is 3. The topological polar surface area (TPSA) is 60.4 Å². The Labute approximate surface area is 82.8 Å². The van der Waals surface area contributed by atoms with Crippen LogP contribution in [0.2, 0.25) is 0 Å². The molecule has 70 valence electrons. The molecular weight excluding hydrogens is 236 g/mol. The molecule has 0 aromatic carbocycles. The molecule has 0 radical (unpaired) electrons. The Balaban J connectivity index is 3.10. The first-order valence-electron chi connectivity index (χ1n) is 2.94. The van der Waals surface area contributed by atoms with Crippen molar-refractivity contribution in [1.82, 2.24) is 0 Å². The average Bonchev–Trinajstić information content (AvgIpc) is 2.47. The van der Waals surface area contributed by atoms with Crippen LogP contribution in [0.3, 0.4) is 0 Å². The maximum atomic E-state index is 10.9. The number of hydrogen-bond acceptors (Lipinski definition) is 5. The largest absolute Gasteiger partial charge is 0.441 e. The van der Waals surface area contributed by atoms with Crippen molar-refractivity contribution in [2.24, 2.45) is 0 Å². The molecule has 0 aliphatic rings. The van der Waals surface area contributed by atoms with E-state index in [2.05, 4.69) is 4.74 Å². The van der Waals surface area contributed by atoms with Crippen LogP contribution in [-0.4, -0.2) is 14.4 Å². The van der Waals surface area contributed by atoms with Crippen molar-refractivity contribution in [2.45, 2.75) is 4.90 Å². The smallest absolute Gasteiger partial charge is 0.265 e. The van der Waals surface area contributed by atoms with Gasteiger partial charge in [-0.2, -0.15) is 0 Å². The first kappa shape index (κ1) is 10.3. The monoisotopic (exact) mass is 238 g/mol. The molecule has 0 amide bonds. The molecule has 0 aliphatic carbocycles. The fraction of sp³-hybridized carbons (Fsp3) is 0. The Hall–Kier alpha value is -0.810. The highest BCUT2D eigenvalue weighted by Gasteiger charge is 2.17. The summed E-state index contributed by atoms with van der Waals surface area (Å²) in [6.07, 6.45) is 0.720. The summed E-state index contributed by atoms with van der Waals surface area (Å²) < 4.78 is 26.4. The molecule has 0 spiro atoms. The van der Waals surface area contributed by atoms with Gasteiger partial charge in [-0.1, -0.05) is 0 Å². The zero-order chi connectivity index (χ0) is 9.90. The van der Waals surface area contributed by atoms with Crippen LogP contribution in [0.1, 0.15) is 0 Å².